The van der Waals surface area contributed by atoms with Gasteiger partial charge in [-0.05, 0) is 64.1 Å². The Kier molecular flexibility index (Phi) is 6.20. The summed E-state index contributed by atoms with van der Waals surface area (Å²) in [5.41, 5.74) is 0.350. The van der Waals surface area contributed by atoms with Crippen molar-refractivity contribution >= 4 is 27.5 Å². The molecule has 4 rings (SSSR count). The molecule has 0 radical (unpaired) electrons. The molecule has 2 aliphatic rings. The number of carbonyl (C=O) groups excluding carboxylic acids is 1. The maximum Gasteiger partial charge on any atom is 0.332 e. The fourth-order valence-electron chi connectivity index (χ4n) is 4.51. The number of aromatic nitrogens is 2. The second-order valence-electron chi connectivity index (χ2n) is 7.92. The summed E-state index contributed by atoms with van der Waals surface area (Å²) in [7, 11) is 0. The molecule has 8 heteroatoms. The SMILES string of the molecule is CCOC(=O)Cn1c(=O)c2c3c(sc2n(CCN2CCCCC2)c1=O)CCCC3. The lowest BCUT2D eigenvalue weighted by Gasteiger charge is -2.26. The van der Waals surface area contributed by atoms with Crippen molar-refractivity contribution < 1.29 is 9.53 Å². The zero-order chi connectivity index (χ0) is 20.4. The highest BCUT2D eigenvalue weighted by Crippen LogP contribution is 2.34. The van der Waals surface area contributed by atoms with E-state index in [2.05, 4.69) is 4.90 Å². The van der Waals surface area contributed by atoms with Gasteiger partial charge in [-0.15, -0.1) is 11.3 Å². The average molecular weight is 420 g/mol. The fourth-order valence-corrected chi connectivity index (χ4v) is 5.91. The van der Waals surface area contributed by atoms with Crippen molar-refractivity contribution in [2.75, 3.05) is 26.2 Å². The summed E-state index contributed by atoms with van der Waals surface area (Å²) in [6.45, 7) is 5.06. The van der Waals surface area contributed by atoms with E-state index < -0.39 is 11.7 Å². The number of rotatable bonds is 6. The first-order chi connectivity index (χ1) is 14.1. The van der Waals surface area contributed by atoms with Crippen LogP contribution in [0.4, 0.5) is 0 Å². The van der Waals surface area contributed by atoms with Crippen LogP contribution in [0.3, 0.4) is 0 Å². The van der Waals surface area contributed by atoms with E-state index in [0.717, 1.165) is 60.3 Å². The minimum absolute atomic E-state index is 0.229. The molecule has 1 aliphatic heterocycles. The third kappa shape index (κ3) is 4.05. The molecule has 3 heterocycles. The van der Waals surface area contributed by atoms with Crippen LogP contribution >= 0.6 is 11.3 Å². The van der Waals surface area contributed by atoms with E-state index in [-0.39, 0.29) is 18.7 Å². The van der Waals surface area contributed by atoms with Gasteiger partial charge in [0.1, 0.15) is 11.4 Å². The van der Waals surface area contributed by atoms with Gasteiger partial charge in [0.15, 0.2) is 0 Å². The zero-order valence-corrected chi connectivity index (χ0v) is 17.9. The first-order valence-electron chi connectivity index (χ1n) is 10.8. The van der Waals surface area contributed by atoms with Crippen LogP contribution < -0.4 is 11.2 Å². The maximum atomic E-state index is 13.2. The number of carbonyl (C=O) groups is 1. The van der Waals surface area contributed by atoms with Crippen molar-refractivity contribution in [3.05, 3.63) is 31.3 Å². The van der Waals surface area contributed by atoms with Crippen LogP contribution in [0, 0.1) is 0 Å². The predicted molar refractivity (Wildman–Crippen MR) is 114 cm³/mol. The van der Waals surface area contributed by atoms with E-state index in [9.17, 15) is 14.4 Å². The Morgan fingerprint density at radius 1 is 1.00 bits per heavy atom. The zero-order valence-electron chi connectivity index (χ0n) is 17.1. The van der Waals surface area contributed by atoms with Gasteiger partial charge in [-0.25, -0.2) is 9.36 Å². The van der Waals surface area contributed by atoms with Gasteiger partial charge in [0.2, 0.25) is 0 Å². The first-order valence-corrected chi connectivity index (χ1v) is 11.6. The van der Waals surface area contributed by atoms with Crippen molar-refractivity contribution in [1.29, 1.82) is 0 Å². The number of fused-ring (bicyclic) bond motifs is 3. The molecule has 1 aliphatic carbocycles. The maximum absolute atomic E-state index is 13.2. The largest absolute Gasteiger partial charge is 0.465 e. The highest BCUT2D eigenvalue weighted by molar-refractivity contribution is 7.18. The lowest BCUT2D eigenvalue weighted by molar-refractivity contribution is -0.143. The second kappa shape index (κ2) is 8.83. The van der Waals surface area contributed by atoms with E-state index in [1.807, 2.05) is 0 Å². The molecule has 29 heavy (non-hydrogen) atoms. The van der Waals surface area contributed by atoms with E-state index in [0.29, 0.717) is 11.9 Å². The third-order valence-electron chi connectivity index (χ3n) is 6.00. The van der Waals surface area contributed by atoms with Crippen LogP contribution in [0.2, 0.25) is 0 Å². The van der Waals surface area contributed by atoms with Gasteiger partial charge >= 0.3 is 11.7 Å². The quantitative estimate of drug-likeness (QED) is 0.671. The summed E-state index contributed by atoms with van der Waals surface area (Å²) in [5, 5.41) is 0.646. The molecule has 7 nitrogen and oxygen atoms in total. The van der Waals surface area contributed by atoms with E-state index in [1.165, 1.54) is 24.1 Å². The Morgan fingerprint density at radius 2 is 1.76 bits per heavy atom. The Hall–Kier alpha value is -1.93. The van der Waals surface area contributed by atoms with Gasteiger partial charge in [0.05, 0.1) is 12.0 Å². The molecule has 0 N–H and O–H groups in total. The van der Waals surface area contributed by atoms with Crippen molar-refractivity contribution in [1.82, 2.24) is 14.0 Å². The van der Waals surface area contributed by atoms with Crippen molar-refractivity contribution in [2.24, 2.45) is 0 Å². The molecule has 1 fully saturated rings. The molecule has 1 saturated heterocycles. The van der Waals surface area contributed by atoms with Crippen LogP contribution in [0.25, 0.3) is 10.2 Å². The van der Waals surface area contributed by atoms with Crippen molar-refractivity contribution in [3.63, 3.8) is 0 Å². The third-order valence-corrected chi connectivity index (χ3v) is 7.31. The lowest BCUT2D eigenvalue weighted by Crippen LogP contribution is -2.43. The summed E-state index contributed by atoms with van der Waals surface area (Å²) >= 11 is 1.59. The van der Waals surface area contributed by atoms with Crippen LogP contribution in [0.5, 0.6) is 0 Å². The average Bonchev–Trinajstić information content (AvgIpc) is 3.11. The minimum atomic E-state index is -0.544. The van der Waals surface area contributed by atoms with E-state index in [4.69, 9.17) is 4.74 Å². The molecule has 0 saturated carbocycles. The molecule has 0 unspecified atom stereocenters. The van der Waals surface area contributed by atoms with Crippen molar-refractivity contribution in [2.45, 2.75) is 65.0 Å². The van der Waals surface area contributed by atoms with Gasteiger partial charge in [0.25, 0.3) is 5.56 Å². The molecule has 0 aromatic carbocycles. The summed E-state index contributed by atoms with van der Waals surface area (Å²) in [5.74, 6) is -0.544. The van der Waals surface area contributed by atoms with Gasteiger partial charge in [0, 0.05) is 18.0 Å². The number of hydrogen-bond acceptors (Lipinski definition) is 6. The van der Waals surface area contributed by atoms with Gasteiger partial charge in [-0.1, -0.05) is 6.42 Å². The van der Waals surface area contributed by atoms with Crippen LogP contribution in [0.15, 0.2) is 9.59 Å². The topological polar surface area (TPSA) is 73.5 Å². The smallest absolute Gasteiger partial charge is 0.332 e. The Labute approximate surface area is 173 Å². The molecule has 2 aromatic rings. The number of hydrogen-bond donors (Lipinski definition) is 0. The molecule has 2 aromatic heterocycles. The number of esters is 1. The summed E-state index contributed by atoms with van der Waals surface area (Å²) in [6.07, 6.45) is 7.67. The Balaban J connectivity index is 1.78. The number of nitrogens with zero attached hydrogens (tertiary/aromatic N) is 3. The van der Waals surface area contributed by atoms with Crippen LogP contribution in [0.1, 0.15) is 49.5 Å². The summed E-state index contributed by atoms with van der Waals surface area (Å²) in [4.78, 5) is 42.9. The van der Waals surface area contributed by atoms with Crippen LogP contribution in [-0.4, -0.2) is 46.2 Å². The lowest BCUT2D eigenvalue weighted by atomic mass is 9.97. The second-order valence-corrected chi connectivity index (χ2v) is 9.01. The highest BCUT2D eigenvalue weighted by atomic mass is 32.1. The first kappa shape index (κ1) is 20.3. The number of thiophene rings is 1. The van der Waals surface area contributed by atoms with Crippen molar-refractivity contribution in [3.8, 4) is 0 Å². The molecule has 0 bridgehead atoms. The van der Waals surface area contributed by atoms with Gasteiger partial charge < -0.3 is 9.64 Å². The number of ether oxygens (including phenoxy) is 1. The molecular formula is C21H29N3O4S. The predicted octanol–water partition coefficient (Wildman–Crippen LogP) is 2.15. The van der Waals surface area contributed by atoms with Gasteiger partial charge in [-0.3, -0.25) is 14.2 Å². The Morgan fingerprint density at radius 3 is 2.52 bits per heavy atom. The molecule has 158 valence electrons. The number of likely N-dealkylation sites (tertiary alicyclic amines) is 1. The van der Waals surface area contributed by atoms with Crippen LogP contribution in [-0.2, 0) is 35.5 Å². The highest BCUT2D eigenvalue weighted by Gasteiger charge is 2.24. The number of aryl methyl sites for hydroxylation is 2. The summed E-state index contributed by atoms with van der Waals surface area (Å²) in [6, 6.07) is 0. The minimum Gasteiger partial charge on any atom is -0.465 e. The number of piperidine rings is 1. The molecular weight excluding hydrogens is 390 g/mol. The normalized spacial score (nSPS) is 17.4. The van der Waals surface area contributed by atoms with E-state index >= 15 is 0 Å². The van der Waals surface area contributed by atoms with Gasteiger partial charge in [-0.2, -0.15) is 0 Å². The molecule has 0 amide bonds. The molecule has 0 spiro atoms. The molecule has 0 atom stereocenters. The Bertz CT molecular complexity index is 1010. The fraction of sp³-hybridized carbons (Fsp3) is 0.667. The standard InChI is InChI=1S/C21H29N3O4S/c1-2-28-17(25)14-24-19(26)18-15-8-4-5-9-16(15)29-20(18)23(21(24)27)13-12-22-10-6-3-7-11-22/h2-14H2,1H3. The monoisotopic (exact) mass is 419 g/mol. The summed E-state index contributed by atoms with van der Waals surface area (Å²) < 4.78 is 7.82. The van der Waals surface area contributed by atoms with E-state index in [1.54, 1.807) is 22.8 Å².